The molecular formula is C26H28N4O5. The number of hydrogen-bond donors (Lipinski definition) is 1. The number of carbonyl (C=O) groups excluding carboxylic acids is 4. The molecule has 2 aliphatic rings. The molecule has 1 aromatic heterocycles. The van der Waals surface area contributed by atoms with Gasteiger partial charge < -0.3 is 14.6 Å². The number of esters is 1. The molecule has 0 saturated heterocycles. The van der Waals surface area contributed by atoms with Crippen molar-refractivity contribution in [1.82, 2.24) is 9.47 Å². The van der Waals surface area contributed by atoms with Gasteiger partial charge in [-0.05, 0) is 50.8 Å². The van der Waals surface area contributed by atoms with E-state index in [0.29, 0.717) is 22.5 Å². The summed E-state index contributed by atoms with van der Waals surface area (Å²) in [4.78, 5) is 50.6. The van der Waals surface area contributed by atoms with Crippen LogP contribution in [0.2, 0.25) is 0 Å². The first kappa shape index (κ1) is 24.2. The first-order chi connectivity index (χ1) is 16.8. The lowest BCUT2D eigenvalue weighted by molar-refractivity contribution is -0.147. The van der Waals surface area contributed by atoms with Crippen LogP contribution >= 0.6 is 0 Å². The number of nitrogens with one attached hydrogen (secondary N) is 1. The van der Waals surface area contributed by atoms with E-state index in [1.54, 1.807) is 24.3 Å². The van der Waals surface area contributed by atoms with Crippen LogP contribution in [0.15, 0.2) is 24.3 Å². The fourth-order valence-corrected chi connectivity index (χ4v) is 4.92. The van der Waals surface area contributed by atoms with E-state index in [1.807, 2.05) is 18.4 Å². The van der Waals surface area contributed by atoms with Gasteiger partial charge in [-0.3, -0.25) is 24.1 Å². The van der Waals surface area contributed by atoms with Crippen LogP contribution in [-0.2, 0) is 14.3 Å². The SMILES string of the molecule is Cc1c(C#N)c(NC(=O)COC(=O)CCCN2C(=O)c3ccccc3C2=O)n(C2CCCC2)c1C. The van der Waals surface area contributed by atoms with E-state index in [1.165, 1.54) is 0 Å². The number of aromatic nitrogens is 1. The lowest BCUT2D eigenvalue weighted by Crippen LogP contribution is -2.31. The van der Waals surface area contributed by atoms with Crippen molar-refractivity contribution in [3.8, 4) is 6.07 Å². The third-order valence-electron chi connectivity index (χ3n) is 6.82. The second-order valence-electron chi connectivity index (χ2n) is 8.97. The van der Waals surface area contributed by atoms with Crippen molar-refractivity contribution in [2.45, 2.75) is 58.4 Å². The van der Waals surface area contributed by atoms with Crippen LogP contribution in [0.3, 0.4) is 0 Å². The zero-order valence-electron chi connectivity index (χ0n) is 19.9. The molecule has 4 rings (SSSR count). The molecule has 0 radical (unpaired) electrons. The predicted molar refractivity (Wildman–Crippen MR) is 127 cm³/mol. The average molecular weight is 477 g/mol. The normalized spacial score (nSPS) is 15.3. The fraction of sp³-hybridized carbons (Fsp3) is 0.423. The summed E-state index contributed by atoms with van der Waals surface area (Å²) in [5.41, 5.74) is 2.94. The minimum atomic E-state index is -0.601. The van der Waals surface area contributed by atoms with E-state index in [9.17, 15) is 24.4 Å². The molecule has 1 N–H and O–H groups in total. The minimum Gasteiger partial charge on any atom is -0.456 e. The largest absolute Gasteiger partial charge is 0.456 e. The fourth-order valence-electron chi connectivity index (χ4n) is 4.92. The predicted octanol–water partition coefficient (Wildman–Crippen LogP) is 3.65. The quantitative estimate of drug-likeness (QED) is 0.458. The van der Waals surface area contributed by atoms with Gasteiger partial charge in [0, 0.05) is 24.7 Å². The smallest absolute Gasteiger partial charge is 0.306 e. The number of amides is 3. The van der Waals surface area contributed by atoms with E-state index >= 15 is 0 Å². The molecule has 0 bridgehead atoms. The summed E-state index contributed by atoms with van der Waals surface area (Å²) >= 11 is 0. The third kappa shape index (κ3) is 4.69. The van der Waals surface area contributed by atoms with Crippen LogP contribution in [0.25, 0.3) is 0 Å². The monoisotopic (exact) mass is 476 g/mol. The standard InChI is InChI=1S/C26H28N4O5/c1-16-17(2)30(18-8-3-4-9-18)24(21(16)14-27)28-22(31)15-35-23(32)12-7-13-29-25(33)19-10-5-6-11-20(19)26(29)34/h5-6,10-11,18H,3-4,7-9,12-13,15H2,1-2H3,(H,28,31). The summed E-state index contributed by atoms with van der Waals surface area (Å²) in [7, 11) is 0. The van der Waals surface area contributed by atoms with Gasteiger partial charge in [0.25, 0.3) is 17.7 Å². The maximum Gasteiger partial charge on any atom is 0.306 e. The number of imide groups is 1. The molecule has 1 aliphatic heterocycles. The van der Waals surface area contributed by atoms with Crippen LogP contribution in [0.4, 0.5) is 5.82 Å². The number of anilines is 1. The van der Waals surface area contributed by atoms with Gasteiger partial charge in [-0.2, -0.15) is 5.26 Å². The third-order valence-corrected chi connectivity index (χ3v) is 6.82. The second-order valence-corrected chi connectivity index (χ2v) is 8.97. The van der Waals surface area contributed by atoms with E-state index < -0.39 is 18.5 Å². The Morgan fingerprint density at radius 3 is 2.34 bits per heavy atom. The Morgan fingerprint density at radius 2 is 1.74 bits per heavy atom. The lowest BCUT2D eigenvalue weighted by atomic mass is 10.1. The Kier molecular flexibility index (Phi) is 7.01. The van der Waals surface area contributed by atoms with Crippen molar-refractivity contribution < 1.29 is 23.9 Å². The average Bonchev–Trinajstić information content (AvgIpc) is 3.52. The van der Waals surface area contributed by atoms with E-state index in [4.69, 9.17) is 4.74 Å². The van der Waals surface area contributed by atoms with Crippen molar-refractivity contribution in [3.05, 3.63) is 52.2 Å². The van der Waals surface area contributed by atoms with Crippen molar-refractivity contribution in [3.63, 3.8) is 0 Å². The molecule has 2 heterocycles. The maximum absolute atomic E-state index is 12.6. The number of ether oxygens (including phenoxy) is 1. The molecular weight excluding hydrogens is 448 g/mol. The first-order valence-electron chi connectivity index (χ1n) is 11.9. The second kappa shape index (κ2) is 10.1. The highest BCUT2D eigenvalue weighted by molar-refractivity contribution is 6.21. The number of rotatable bonds is 8. The van der Waals surface area contributed by atoms with E-state index in [0.717, 1.165) is 41.8 Å². The Labute approximate surface area is 203 Å². The summed E-state index contributed by atoms with van der Waals surface area (Å²) in [6.45, 7) is 3.42. The molecule has 182 valence electrons. The zero-order chi connectivity index (χ0) is 25.1. The van der Waals surface area contributed by atoms with Crippen LogP contribution in [0.1, 0.15) is 82.1 Å². The van der Waals surface area contributed by atoms with Gasteiger partial charge in [0.1, 0.15) is 11.9 Å². The number of nitrogens with zero attached hydrogens (tertiary/aromatic N) is 3. The Bertz CT molecular complexity index is 1200. The van der Waals surface area contributed by atoms with Crippen LogP contribution in [0, 0.1) is 25.2 Å². The van der Waals surface area contributed by atoms with Gasteiger partial charge in [-0.15, -0.1) is 0 Å². The van der Waals surface area contributed by atoms with Gasteiger partial charge in [0.05, 0.1) is 16.7 Å². The number of nitriles is 1. The number of hydrogen-bond acceptors (Lipinski definition) is 6. The number of fused-ring (bicyclic) bond motifs is 1. The molecule has 3 amide bonds. The van der Waals surface area contributed by atoms with Crippen molar-refractivity contribution in [2.24, 2.45) is 0 Å². The first-order valence-corrected chi connectivity index (χ1v) is 11.9. The topological polar surface area (TPSA) is 122 Å². The minimum absolute atomic E-state index is 0.0409. The molecule has 35 heavy (non-hydrogen) atoms. The van der Waals surface area contributed by atoms with Gasteiger partial charge in [-0.1, -0.05) is 25.0 Å². The lowest BCUT2D eigenvalue weighted by Gasteiger charge is -2.19. The van der Waals surface area contributed by atoms with Crippen molar-refractivity contribution >= 4 is 29.5 Å². The molecule has 0 spiro atoms. The van der Waals surface area contributed by atoms with Crippen molar-refractivity contribution in [2.75, 3.05) is 18.5 Å². The Hall–Kier alpha value is -3.93. The molecule has 2 aromatic rings. The molecule has 0 unspecified atom stereocenters. The van der Waals surface area contributed by atoms with E-state index in [2.05, 4.69) is 11.4 Å². The summed E-state index contributed by atoms with van der Waals surface area (Å²) < 4.78 is 7.13. The number of carbonyl (C=O) groups is 4. The summed E-state index contributed by atoms with van der Waals surface area (Å²) in [5, 5.41) is 12.4. The highest BCUT2D eigenvalue weighted by Crippen LogP contribution is 2.37. The number of benzene rings is 1. The van der Waals surface area contributed by atoms with Crippen LogP contribution in [0.5, 0.6) is 0 Å². The Morgan fingerprint density at radius 1 is 1.11 bits per heavy atom. The highest BCUT2D eigenvalue weighted by atomic mass is 16.5. The maximum atomic E-state index is 12.6. The molecule has 1 aliphatic carbocycles. The van der Waals surface area contributed by atoms with E-state index in [-0.39, 0.29) is 37.2 Å². The highest BCUT2D eigenvalue weighted by Gasteiger charge is 2.34. The van der Waals surface area contributed by atoms with Crippen molar-refractivity contribution in [1.29, 1.82) is 5.26 Å². The summed E-state index contributed by atoms with van der Waals surface area (Å²) in [5.74, 6) is -1.41. The molecule has 0 atom stereocenters. The molecule has 9 heteroatoms. The van der Waals surface area contributed by atoms with Crippen LogP contribution < -0.4 is 5.32 Å². The van der Waals surface area contributed by atoms with Crippen LogP contribution in [-0.4, -0.2) is 46.3 Å². The van der Waals surface area contributed by atoms with Gasteiger partial charge in [0.2, 0.25) is 0 Å². The van der Waals surface area contributed by atoms with Gasteiger partial charge in [0.15, 0.2) is 6.61 Å². The summed E-state index contributed by atoms with van der Waals surface area (Å²) in [6, 6.07) is 9.02. The Balaban J connectivity index is 1.29. The molecule has 1 saturated carbocycles. The molecule has 1 aromatic carbocycles. The molecule has 1 fully saturated rings. The summed E-state index contributed by atoms with van der Waals surface area (Å²) in [6.07, 6.45) is 4.38. The van der Waals surface area contributed by atoms with Gasteiger partial charge in [-0.25, -0.2) is 0 Å². The zero-order valence-corrected chi connectivity index (χ0v) is 19.9. The molecule has 9 nitrogen and oxygen atoms in total. The van der Waals surface area contributed by atoms with Gasteiger partial charge >= 0.3 is 5.97 Å².